The second kappa shape index (κ2) is 11.5. The van der Waals surface area contributed by atoms with Gasteiger partial charge >= 0.3 is 6.01 Å². The number of fused-ring (bicyclic) bond motifs is 1. The quantitative estimate of drug-likeness (QED) is 0.252. The standard InChI is InChI=1S/C31H31ClN6O2/c1-20-27(29(39)34-22-15-13-21(14-16-22)19-38-17-7-2-8-18-38)28(23-9-3-4-10-24(23)32)36-30(33-20)37-31-35-25-11-5-6-12-26(25)40-31/h3-6,9-16,28H,2,7-8,17-19H2,1H3,(H,34,39)(H2,33,35,36,37). The molecular formula is C31H31ClN6O2. The van der Waals surface area contributed by atoms with Crippen molar-refractivity contribution < 1.29 is 9.21 Å². The number of hydrogen-bond acceptors (Lipinski definition) is 7. The topological polar surface area (TPSA) is 94.8 Å². The summed E-state index contributed by atoms with van der Waals surface area (Å²) in [6.07, 6.45) is 3.84. The first-order chi connectivity index (χ1) is 19.5. The van der Waals surface area contributed by atoms with Crippen LogP contribution in [0.5, 0.6) is 0 Å². The van der Waals surface area contributed by atoms with Crippen LogP contribution in [0.15, 0.2) is 93.5 Å². The zero-order valence-corrected chi connectivity index (χ0v) is 23.0. The van der Waals surface area contributed by atoms with Crippen molar-refractivity contribution in [1.29, 1.82) is 0 Å². The molecule has 1 aromatic heterocycles. The van der Waals surface area contributed by atoms with Crippen LogP contribution in [0.1, 0.15) is 43.4 Å². The molecule has 1 fully saturated rings. The number of halogens is 1. The summed E-state index contributed by atoms with van der Waals surface area (Å²) in [6.45, 7) is 5.07. The first-order valence-corrected chi connectivity index (χ1v) is 14.0. The summed E-state index contributed by atoms with van der Waals surface area (Å²) in [5.41, 5.74) is 5.22. The number of likely N-dealkylation sites (tertiary alicyclic amines) is 1. The van der Waals surface area contributed by atoms with E-state index in [1.165, 1.54) is 24.8 Å². The highest BCUT2D eigenvalue weighted by atomic mass is 35.5. The molecule has 2 aliphatic heterocycles. The van der Waals surface area contributed by atoms with Gasteiger partial charge in [0, 0.05) is 28.5 Å². The predicted molar refractivity (Wildman–Crippen MR) is 159 cm³/mol. The number of piperidine rings is 1. The number of nitrogens with one attached hydrogen (secondary N) is 3. The molecule has 0 saturated carbocycles. The number of allylic oxidation sites excluding steroid dienone is 1. The van der Waals surface area contributed by atoms with Crippen LogP contribution in [-0.2, 0) is 11.3 Å². The zero-order chi connectivity index (χ0) is 27.5. The molecule has 0 aliphatic carbocycles. The van der Waals surface area contributed by atoms with Crippen LogP contribution in [0.3, 0.4) is 0 Å². The number of aromatic nitrogens is 1. The highest BCUT2D eigenvalue weighted by Crippen LogP contribution is 2.35. The van der Waals surface area contributed by atoms with Crippen molar-refractivity contribution in [2.45, 2.75) is 38.8 Å². The van der Waals surface area contributed by atoms with Crippen molar-refractivity contribution >= 4 is 46.3 Å². The van der Waals surface area contributed by atoms with E-state index in [9.17, 15) is 4.79 Å². The summed E-state index contributed by atoms with van der Waals surface area (Å²) in [5, 5.41) is 9.91. The molecule has 0 bridgehead atoms. The Bertz CT molecular complexity index is 1550. The van der Waals surface area contributed by atoms with Gasteiger partial charge in [0.1, 0.15) is 11.6 Å². The fourth-order valence-corrected chi connectivity index (χ4v) is 5.49. The molecule has 204 valence electrons. The average molecular weight is 555 g/mol. The number of benzene rings is 3. The van der Waals surface area contributed by atoms with Crippen LogP contribution in [0.25, 0.3) is 11.1 Å². The molecule has 3 N–H and O–H groups in total. The van der Waals surface area contributed by atoms with E-state index < -0.39 is 6.04 Å². The van der Waals surface area contributed by atoms with E-state index in [-0.39, 0.29) is 5.91 Å². The highest BCUT2D eigenvalue weighted by Gasteiger charge is 2.31. The summed E-state index contributed by atoms with van der Waals surface area (Å²) in [4.78, 5) is 25.5. The van der Waals surface area contributed by atoms with Crippen LogP contribution >= 0.6 is 11.6 Å². The average Bonchev–Trinajstić information content (AvgIpc) is 3.37. The van der Waals surface area contributed by atoms with Crippen LogP contribution in [0.2, 0.25) is 5.02 Å². The molecule has 9 heteroatoms. The number of anilines is 2. The van der Waals surface area contributed by atoms with Gasteiger partial charge in [-0.1, -0.05) is 60.5 Å². The molecule has 1 saturated heterocycles. The predicted octanol–water partition coefficient (Wildman–Crippen LogP) is 6.49. The number of rotatable bonds is 6. The Morgan fingerprint density at radius 1 is 1.02 bits per heavy atom. The summed E-state index contributed by atoms with van der Waals surface area (Å²) >= 11 is 6.60. The largest absolute Gasteiger partial charge is 0.423 e. The monoisotopic (exact) mass is 554 g/mol. The third-order valence-electron chi connectivity index (χ3n) is 7.27. The number of carbonyl (C=O) groups is 1. The molecule has 0 radical (unpaired) electrons. The van der Waals surface area contributed by atoms with Gasteiger partial charge in [0.25, 0.3) is 5.91 Å². The van der Waals surface area contributed by atoms with Gasteiger partial charge in [0.2, 0.25) is 5.96 Å². The van der Waals surface area contributed by atoms with Crippen LogP contribution in [-0.4, -0.2) is 34.8 Å². The lowest BCUT2D eigenvalue weighted by molar-refractivity contribution is -0.113. The molecular weight excluding hydrogens is 524 g/mol. The first-order valence-electron chi connectivity index (χ1n) is 13.6. The Morgan fingerprint density at radius 2 is 1.77 bits per heavy atom. The number of para-hydroxylation sites is 2. The summed E-state index contributed by atoms with van der Waals surface area (Å²) in [6, 6.07) is 22.7. The van der Waals surface area contributed by atoms with Crippen molar-refractivity contribution in [2.24, 2.45) is 4.99 Å². The number of hydrogen-bond donors (Lipinski definition) is 3. The fraction of sp³-hybridized carbons (Fsp3) is 0.258. The summed E-state index contributed by atoms with van der Waals surface area (Å²) in [7, 11) is 0. The molecule has 3 heterocycles. The van der Waals surface area contributed by atoms with E-state index in [2.05, 4.69) is 38.0 Å². The maximum absolute atomic E-state index is 13.7. The molecule has 6 rings (SSSR count). The minimum Gasteiger partial charge on any atom is -0.423 e. The SMILES string of the molecule is CC1=C(C(=O)Nc2ccc(CN3CCCCC3)cc2)C(c2ccccc2Cl)N=C(Nc2nc3ccccc3o2)N1. The van der Waals surface area contributed by atoms with E-state index in [4.69, 9.17) is 21.0 Å². The molecule has 40 heavy (non-hydrogen) atoms. The van der Waals surface area contributed by atoms with Gasteiger partial charge in [-0.25, -0.2) is 4.99 Å². The minimum atomic E-state index is -0.639. The lowest BCUT2D eigenvalue weighted by atomic mass is 9.95. The van der Waals surface area contributed by atoms with Crippen LogP contribution < -0.4 is 16.0 Å². The lowest BCUT2D eigenvalue weighted by Crippen LogP contribution is -2.37. The number of guanidine groups is 1. The van der Waals surface area contributed by atoms with Gasteiger partial charge in [-0.2, -0.15) is 4.98 Å². The van der Waals surface area contributed by atoms with Gasteiger partial charge in [-0.15, -0.1) is 0 Å². The Labute approximate surface area is 238 Å². The number of carbonyl (C=O) groups excluding carboxylic acids is 1. The highest BCUT2D eigenvalue weighted by molar-refractivity contribution is 6.31. The summed E-state index contributed by atoms with van der Waals surface area (Å²) in [5.74, 6) is 0.163. The van der Waals surface area contributed by atoms with Crippen molar-refractivity contribution in [3.63, 3.8) is 0 Å². The molecule has 8 nitrogen and oxygen atoms in total. The number of aliphatic imine (C=N–C) groups is 1. The van der Waals surface area contributed by atoms with Crippen molar-refractivity contribution in [3.8, 4) is 0 Å². The van der Waals surface area contributed by atoms with Gasteiger partial charge in [0.05, 0.1) is 5.57 Å². The van der Waals surface area contributed by atoms with E-state index in [1.807, 2.05) is 61.5 Å². The third kappa shape index (κ3) is 5.73. The Balaban J connectivity index is 1.23. The fourth-order valence-electron chi connectivity index (χ4n) is 5.25. The molecule has 2 aliphatic rings. The molecule has 0 spiro atoms. The van der Waals surface area contributed by atoms with E-state index in [0.717, 1.165) is 36.4 Å². The van der Waals surface area contributed by atoms with Crippen molar-refractivity contribution in [3.05, 3.63) is 100 Å². The van der Waals surface area contributed by atoms with E-state index >= 15 is 0 Å². The number of oxazole rings is 1. The maximum Gasteiger partial charge on any atom is 0.302 e. The Morgan fingerprint density at radius 3 is 2.55 bits per heavy atom. The number of nitrogens with zero attached hydrogens (tertiary/aromatic N) is 3. The third-order valence-corrected chi connectivity index (χ3v) is 7.62. The smallest absolute Gasteiger partial charge is 0.302 e. The molecule has 3 aromatic carbocycles. The van der Waals surface area contributed by atoms with E-state index in [1.54, 1.807) is 6.07 Å². The van der Waals surface area contributed by atoms with Gasteiger partial charge in [-0.3, -0.25) is 15.0 Å². The van der Waals surface area contributed by atoms with Crippen molar-refractivity contribution in [1.82, 2.24) is 15.2 Å². The Kier molecular flexibility index (Phi) is 7.53. The van der Waals surface area contributed by atoms with Crippen LogP contribution in [0.4, 0.5) is 11.7 Å². The normalized spacial score (nSPS) is 17.9. The minimum absolute atomic E-state index is 0.247. The lowest BCUT2D eigenvalue weighted by Gasteiger charge is -2.27. The van der Waals surface area contributed by atoms with Crippen molar-refractivity contribution in [2.75, 3.05) is 23.7 Å². The molecule has 1 unspecified atom stereocenters. The van der Waals surface area contributed by atoms with Crippen LogP contribution in [0, 0.1) is 0 Å². The number of amides is 1. The molecule has 1 amide bonds. The Hall–Kier alpha value is -4.14. The van der Waals surface area contributed by atoms with Gasteiger partial charge in [0.15, 0.2) is 5.58 Å². The molecule has 1 atom stereocenters. The van der Waals surface area contributed by atoms with Gasteiger partial charge in [-0.05, 0) is 68.8 Å². The first kappa shape index (κ1) is 26.1. The second-order valence-corrected chi connectivity index (χ2v) is 10.6. The van der Waals surface area contributed by atoms with Gasteiger partial charge < -0.3 is 15.1 Å². The molecule has 4 aromatic rings. The van der Waals surface area contributed by atoms with E-state index in [0.29, 0.717) is 33.9 Å². The maximum atomic E-state index is 13.7. The summed E-state index contributed by atoms with van der Waals surface area (Å²) < 4.78 is 5.81. The zero-order valence-electron chi connectivity index (χ0n) is 22.3. The second-order valence-electron chi connectivity index (χ2n) is 10.2.